The predicted octanol–water partition coefficient (Wildman–Crippen LogP) is 1.12. The van der Waals surface area contributed by atoms with Gasteiger partial charge in [-0.15, -0.1) is 0 Å². The number of likely N-dealkylation sites (tertiary alicyclic amines) is 1. The van der Waals surface area contributed by atoms with Crippen LogP contribution in [0.3, 0.4) is 0 Å². The summed E-state index contributed by atoms with van der Waals surface area (Å²) < 4.78 is 8.07. The van der Waals surface area contributed by atoms with Crippen LogP contribution in [-0.4, -0.2) is 59.1 Å². The maximum absolute atomic E-state index is 6.05. The number of hydrogen-bond acceptors (Lipinski definition) is 4. The van der Waals surface area contributed by atoms with Gasteiger partial charge in [0.15, 0.2) is 0 Å². The van der Waals surface area contributed by atoms with Gasteiger partial charge in [-0.2, -0.15) is 5.10 Å². The molecule has 20 heavy (non-hydrogen) atoms. The van der Waals surface area contributed by atoms with Gasteiger partial charge in [0.2, 0.25) is 0 Å². The maximum atomic E-state index is 6.05. The van der Waals surface area contributed by atoms with Gasteiger partial charge in [-0.1, -0.05) is 0 Å². The van der Waals surface area contributed by atoms with Crippen LogP contribution >= 0.6 is 0 Å². The summed E-state index contributed by atoms with van der Waals surface area (Å²) in [4.78, 5) is 2.60. The van der Waals surface area contributed by atoms with Crippen molar-refractivity contribution in [2.75, 3.05) is 32.8 Å². The summed E-state index contributed by atoms with van der Waals surface area (Å²) in [6.45, 7) is 8.56. The summed E-state index contributed by atoms with van der Waals surface area (Å²) in [6, 6.07) is 2.61. The highest BCUT2D eigenvalue weighted by Gasteiger charge is 2.37. The van der Waals surface area contributed by atoms with E-state index >= 15 is 0 Å². The fourth-order valence-corrected chi connectivity index (χ4v) is 3.33. The lowest BCUT2D eigenvalue weighted by Gasteiger charge is -2.45. The zero-order valence-electron chi connectivity index (χ0n) is 12.4. The fraction of sp³-hybridized carbons (Fsp3) is 0.800. The molecule has 1 N–H and O–H groups in total. The first kappa shape index (κ1) is 14.0. The van der Waals surface area contributed by atoms with Gasteiger partial charge in [0.1, 0.15) is 0 Å². The smallest absolute Gasteiger partial charge is 0.0831 e. The number of aromatic nitrogens is 2. The number of rotatable bonds is 4. The minimum Gasteiger partial charge on any atom is -0.372 e. The third-order valence-electron chi connectivity index (χ3n) is 4.80. The van der Waals surface area contributed by atoms with E-state index in [2.05, 4.69) is 22.2 Å². The van der Waals surface area contributed by atoms with Crippen LogP contribution in [0.1, 0.15) is 26.2 Å². The molecule has 112 valence electrons. The van der Waals surface area contributed by atoms with Crippen molar-refractivity contribution in [1.82, 2.24) is 20.0 Å². The molecule has 0 amide bonds. The Morgan fingerprint density at radius 1 is 1.40 bits per heavy atom. The van der Waals surface area contributed by atoms with Crippen LogP contribution in [0.4, 0.5) is 0 Å². The highest BCUT2D eigenvalue weighted by atomic mass is 16.5. The average molecular weight is 278 g/mol. The highest BCUT2D eigenvalue weighted by Crippen LogP contribution is 2.28. The highest BCUT2D eigenvalue weighted by molar-refractivity contribution is 4.92. The van der Waals surface area contributed by atoms with E-state index < -0.39 is 0 Å². The lowest BCUT2D eigenvalue weighted by molar-refractivity contribution is -0.104. The van der Waals surface area contributed by atoms with Gasteiger partial charge in [-0.3, -0.25) is 4.68 Å². The molecule has 2 fully saturated rings. The standard InChI is InChI=1S/C15H26N4O/c1-14(3-9-19-8-2-6-17-19)18-10-4-15(5-11-18)13-16-7-12-20-15/h2,6,8,14,16H,3-5,7,9-13H2,1H3. The molecule has 1 aromatic heterocycles. The Labute approximate surface area is 121 Å². The first-order valence-corrected chi connectivity index (χ1v) is 7.84. The van der Waals surface area contributed by atoms with E-state index in [1.807, 2.05) is 23.1 Å². The van der Waals surface area contributed by atoms with E-state index in [9.17, 15) is 0 Å². The van der Waals surface area contributed by atoms with E-state index in [-0.39, 0.29) is 5.60 Å². The number of nitrogens with zero attached hydrogens (tertiary/aromatic N) is 3. The van der Waals surface area contributed by atoms with Crippen LogP contribution in [0.2, 0.25) is 0 Å². The molecule has 5 heteroatoms. The van der Waals surface area contributed by atoms with Crippen molar-refractivity contribution in [1.29, 1.82) is 0 Å². The van der Waals surface area contributed by atoms with Crippen molar-refractivity contribution in [3.05, 3.63) is 18.5 Å². The van der Waals surface area contributed by atoms with Gasteiger partial charge in [-0.05, 0) is 32.3 Å². The van der Waals surface area contributed by atoms with Crippen molar-refractivity contribution >= 4 is 0 Å². The van der Waals surface area contributed by atoms with Crippen LogP contribution in [0.5, 0.6) is 0 Å². The van der Waals surface area contributed by atoms with Crippen molar-refractivity contribution in [3.8, 4) is 0 Å². The summed E-state index contributed by atoms with van der Waals surface area (Å²) in [5.74, 6) is 0. The van der Waals surface area contributed by atoms with E-state index in [0.717, 1.165) is 58.6 Å². The Morgan fingerprint density at radius 2 is 2.25 bits per heavy atom. The lowest BCUT2D eigenvalue weighted by Crippen LogP contribution is -2.56. The summed E-state index contributed by atoms with van der Waals surface area (Å²) >= 11 is 0. The minimum absolute atomic E-state index is 0.121. The molecular formula is C15H26N4O. The molecule has 2 aliphatic rings. The second-order valence-electron chi connectivity index (χ2n) is 6.15. The molecule has 2 aliphatic heterocycles. The van der Waals surface area contributed by atoms with Crippen molar-refractivity contribution in [3.63, 3.8) is 0 Å². The van der Waals surface area contributed by atoms with E-state index in [1.54, 1.807) is 0 Å². The van der Waals surface area contributed by atoms with Gasteiger partial charge in [0.05, 0.1) is 12.2 Å². The van der Waals surface area contributed by atoms with E-state index in [4.69, 9.17) is 4.74 Å². The molecule has 1 spiro atoms. The number of ether oxygens (including phenoxy) is 1. The largest absolute Gasteiger partial charge is 0.372 e. The molecule has 0 bridgehead atoms. The lowest BCUT2D eigenvalue weighted by atomic mass is 9.89. The zero-order chi connectivity index (χ0) is 13.8. The Hall–Kier alpha value is -0.910. The van der Waals surface area contributed by atoms with Crippen molar-refractivity contribution in [2.45, 2.75) is 44.4 Å². The third kappa shape index (κ3) is 3.22. The Balaban J connectivity index is 1.45. The Bertz CT molecular complexity index is 390. The summed E-state index contributed by atoms with van der Waals surface area (Å²) in [6.07, 6.45) is 7.37. The molecule has 0 saturated carbocycles. The van der Waals surface area contributed by atoms with E-state index in [1.165, 1.54) is 0 Å². The molecule has 1 unspecified atom stereocenters. The SMILES string of the molecule is CC(CCn1cccn1)N1CCC2(CC1)CNCCO2. The predicted molar refractivity (Wildman–Crippen MR) is 78.7 cm³/mol. The molecule has 3 rings (SSSR count). The fourth-order valence-electron chi connectivity index (χ4n) is 3.33. The quantitative estimate of drug-likeness (QED) is 0.896. The van der Waals surface area contributed by atoms with Crippen LogP contribution in [0.15, 0.2) is 18.5 Å². The number of nitrogens with one attached hydrogen (secondary N) is 1. The van der Waals surface area contributed by atoms with Gasteiger partial charge in [-0.25, -0.2) is 0 Å². The molecule has 0 aromatic carbocycles. The Kier molecular flexibility index (Phi) is 4.38. The third-order valence-corrected chi connectivity index (χ3v) is 4.80. The minimum atomic E-state index is 0.121. The molecule has 1 aromatic rings. The molecule has 0 radical (unpaired) electrons. The second kappa shape index (κ2) is 6.24. The zero-order valence-corrected chi connectivity index (χ0v) is 12.4. The summed E-state index contributed by atoms with van der Waals surface area (Å²) in [5.41, 5.74) is 0.121. The molecule has 2 saturated heterocycles. The average Bonchev–Trinajstić information content (AvgIpc) is 3.00. The number of hydrogen-bond donors (Lipinski definition) is 1. The molecule has 1 atom stereocenters. The van der Waals surface area contributed by atoms with Gasteiger partial charge < -0.3 is 15.0 Å². The molecule has 3 heterocycles. The van der Waals surface area contributed by atoms with Crippen LogP contribution in [0, 0.1) is 0 Å². The van der Waals surface area contributed by atoms with Crippen molar-refractivity contribution < 1.29 is 4.74 Å². The van der Waals surface area contributed by atoms with Crippen molar-refractivity contribution in [2.24, 2.45) is 0 Å². The van der Waals surface area contributed by atoms with Crippen LogP contribution in [-0.2, 0) is 11.3 Å². The Morgan fingerprint density at radius 3 is 2.90 bits per heavy atom. The van der Waals surface area contributed by atoms with Gasteiger partial charge >= 0.3 is 0 Å². The van der Waals surface area contributed by atoms with Gasteiger partial charge in [0.25, 0.3) is 0 Å². The van der Waals surface area contributed by atoms with Crippen LogP contribution < -0.4 is 5.32 Å². The van der Waals surface area contributed by atoms with E-state index in [0.29, 0.717) is 6.04 Å². The molecular weight excluding hydrogens is 252 g/mol. The second-order valence-corrected chi connectivity index (χ2v) is 6.15. The molecule has 0 aliphatic carbocycles. The number of aryl methyl sites for hydroxylation is 1. The normalized spacial score (nSPS) is 24.9. The van der Waals surface area contributed by atoms with Gasteiger partial charge in [0, 0.05) is 51.2 Å². The summed E-state index contributed by atoms with van der Waals surface area (Å²) in [7, 11) is 0. The first-order valence-electron chi connectivity index (χ1n) is 7.84. The topological polar surface area (TPSA) is 42.3 Å². The number of morpholine rings is 1. The number of piperidine rings is 1. The maximum Gasteiger partial charge on any atom is 0.0831 e. The first-order chi connectivity index (χ1) is 9.77. The van der Waals surface area contributed by atoms with Crippen LogP contribution in [0.25, 0.3) is 0 Å². The summed E-state index contributed by atoms with van der Waals surface area (Å²) in [5, 5.41) is 7.75. The molecule has 5 nitrogen and oxygen atoms in total. The monoisotopic (exact) mass is 278 g/mol.